The van der Waals surface area contributed by atoms with Gasteiger partial charge in [-0.2, -0.15) is 0 Å². The largest absolute Gasteiger partial charge is 0.482 e. The van der Waals surface area contributed by atoms with Gasteiger partial charge in [0, 0.05) is 12.8 Å². The highest BCUT2D eigenvalue weighted by molar-refractivity contribution is 5.93. The van der Waals surface area contributed by atoms with Crippen LogP contribution in [0.15, 0.2) is 24.3 Å². The van der Waals surface area contributed by atoms with Gasteiger partial charge in [0.2, 0.25) is 11.8 Å². The van der Waals surface area contributed by atoms with Gasteiger partial charge < -0.3 is 25.6 Å². The van der Waals surface area contributed by atoms with Crippen LogP contribution >= 0.6 is 0 Å². The van der Waals surface area contributed by atoms with Crippen molar-refractivity contribution in [1.82, 2.24) is 10.6 Å². The summed E-state index contributed by atoms with van der Waals surface area (Å²) in [4.78, 5) is 58.2. The number of aliphatic carboxylic acids is 2. The van der Waals surface area contributed by atoms with E-state index in [1.165, 1.54) is 19.1 Å². The summed E-state index contributed by atoms with van der Waals surface area (Å²) < 4.78 is 5.06. The fourth-order valence-corrected chi connectivity index (χ4v) is 2.68. The molecule has 31 heavy (non-hydrogen) atoms. The van der Waals surface area contributed by atoms with Gasteiger partial charge >= 0.3 is 11.9 Å². The fourth-order valence-electron chi connectivity index (χ4n) is 2.68. The lowest BCUT2D eigenvalue weighted by Gasteiger charge is -2.22. The van der Waals surface area contributed by atoms with Crippen LogP contribution in [0.3, 0.4) is 0 Å². The number of amides is 2. The van der Waals surface area contributed by atoms with Gasteiger partial charge in [0.05, 0.1) is 12.5 Å². The number of rotatable bonds is 13. The zero-order chi connectivity index (χ0) is 23.6. The SMILES string of the molecule is CC(=O)[C@H](CC(=O)O)NC(=O)[C@H](Cc1ccc(OCC(=O)O)cc1)NC(=O)CC(C)C. The predicted molar refractivity (Wildman–Crippen MR) is 110 cm³/mol. The zero-order valence-corrected chi connectivity index (χ0v) is 17.7. The van der Waals surface area contributed by atoms with Crippen molar-refractivity contribution >= 4 is 29.5 Å². The van der Waals surface area contributed by atoms with Crippen molar-refractivity contribution in [2.75, 3.05) is 6.61 Å². The Hall–Kier alpha value is -3.43. The summed E-state index contributed by atoms with van der Waals surface area (Å²) in [6.45, 7) is 4.38. The van der Waals surface area contributed by atoms with Crippen LogP contribution in [0.2, 0.25) is 0 Å². The molecule has 0 unspecified atom stereocenters. The minimum atomic E-state index is -1.24. The molecule has 0 heterocycles. The molecule has 0 saturated heterocycles. The van der Waals surface area contributed by atoms with Crippen molar-refractivity contribution in [3.05, 3.63) is 29.8 Å². The minimum absolute atomic E-state index is 0.0614. The molecule has 0 fully saturated rings. The lowest BCUT2D eigenvalue weighted by atomic mass is 10.0. The zero-order valence-electron chi connectivity index (χ0n) is 17.7. The van der Waals surface area contributed by atoms with Crippen molar-refractivity contribution < 1.29 is 38.9 Å². The molecular weight excluding hydrogens is 408 g/mol. The monoisotopic (exact) mass is 436 g/mol. The lowest BCUT2D eigenvalue weighted by molar-refractivity contribution is -0.140. The maximum absolute atomic E-state index is 12.7. The fraction of sp³-hybridized carbons (Fsp3) is 0.476. The maximum atomic E-state index is 12.7. The molecule has 0 saturated carbocycles. The van der Waals surface area contributed by atoms with Crippen LogP contribution in [0.25, 0.3) is 0 Å². The van der Waals surface area contributed by atoms with Crippen LogP contribution in [0.4, 0.5) is 0 Å². The molecule has 0 spiro atoms. The number of nitrogens with one attached hydrogen (secondary N) is 2. The van der Waals surface area contributed by atoms with Gasteiger partial charge in [-0.15, -0.1) is 0 Å². The molecule has 2 amide bonds. The van der Waals surface area contributed by atoms with E-state index < -0.39 is 48.7 Å². The highest BCUT2D eigenvalue weighted by atomic mass is 16.5. The number of carboxylic acids is 2. The molecule has 0 aromatic heterocycles. The van der Waals surface area contributed by atoms with E-state index in [-0.39, 0.29) is 24.7 Å². The Morgan fingerprint density at radius 2 is 1.52 bits per heavy atom. The molecule has 10 nitrogen and oxygen atoms in total. The molecule has 10 heteroatoms. The van der Waals surface area contributed by atoms with Gasteiger partial charge in [-0.3, -0.25) is 19.2 Å². The van der Waals surface area contributed by atoms with E-state index in [1.807, 2.05) is 13.8 Å². The van der Waals surface area contributed by atoms with E-state index in [2.05, 4.69) is 10.6 Å². The van der Waals surface area contributed by atoms with Crippen molar-refractivity contribution in [2.24, 2.45) is 5.92 Å². The quantitative estimate of drug-likeness (QED) is 0.353. The predicted octanol–water partition coefficient (Wildman–Crippen LogP) is 0.772. The molecule has 1 aromatic carbocycles. The average molecular weight is 436 g/mol. The Morgan fingerprint density at radius 1 is 0.903 bits per heavy atom. The summed E-state index contributed by atoms with van der Waals surface area (Å²) in [5.41, 5.74) is 0.644. The number of Topliss-reactive ketones (excluding diaryl/α,β-unsaturated/α-hetero) is 1. The van der Waals surface area contributed by atoms with Gasteiger partial charge in [-0.25, -0.2) is 4.79 Å². The Kier molecular flexibility index (Phi) is 10.2. The first-order chi connectivity index (χ1) is 14.5. The van der Waals surface area contributed by atoms with Crippen LogP contribution in [-0.2, 0) is 30.4 Å². The molecule has 4 N–H and O–H groups in total. The maximum Gasteiger partial charge on any atom is 0.341 e. The Bertz CT molecular complexity index is 804. The molecule has 170 valence electrons. The molecule has 0 aliphatic carbocycles. The number of ether oxygens (including phenoxy) is 1. The molecule has 0 aliphatic heterocycles. The van der Waals surface area contributed by atoms with Crippen LogP contribution in [0, 0.1) is 5.92 Å². The second-order valence-electron chi connectivity index (χ2n) is 7.52. The lowest BCUT2D eigenvalue weighted by Crippen LogP contribution is -2.52. The van der Waals surface area contributed by atoms with Gasteiger partial charge in [-0.05, 0) is 30.5 Å². The van der Waals surface area contributed by atoms with Gasteiger partial charge in [0.1, 0.15) is 11.8 Å². The first-order valence-electron chi connectivity index (χ1n) is 9.73. The molecule has 0 bridgehead atoms. The first kappa shape index (κ1) is 25.6. The van der Waals surface area contributed by atoms with E-state index in [1.54, 1.807) is 12.1 Å². The Morgan fingerprint density at radius 3 is 2.00 bits per heavy atom. The summed E-state index contributed by atoms with van der Waals surface area (Å²) >= 11 is 0. The van der Waals surface area contributed by atoms with Crippen molar-refractivity contribution in [3.63, 3.8) is 0 Å². The molecule has 1 rings (SSSR count). The van der Waals surface area contributed by atoms with Gasteiger partial charge in [-0.1, -0.05) is 26.0 Å². The molecule has 0 radical (unpaired) electrons. The van der Waals surface area contributed by atoms with E-state index in [0.717, 1.165) is 0 Å². The van der Waals surface area contributed by atoms with Crippen LogP contribution in [-0.4, -0.2) is 58.4 Å². The van der Waals surface area contributed by atoms with Crippen LogP contribution in [0.1, 0.15) is 39.2 Å². The second kappa shape index (κ2) is 12.3. The third-order valence-electron chi connectivity index (χ3n) is 4.16. The topological polar surface area (TPSA) is 159 Å². The summed E-state index contributed by atoms with van der Waals surface area (Å²) in [6.07, 6.45) is -0.299. The number of carbonyl (C=O) groups excluding carboxylic acids is 3. The molecule has 1 aromatic rings. The number of hydrogen-bond acceptors (Lipinski definition) is 6. The minimum Gasteiger partial charge on any atom is -0.482 e. The highest BCUT2D eigenvalue weighted by Crippen LogP contribution is 2.14. The summed E-state index contributed by atoms with van der Waals surface area (Å²) in [6, 6.07) is 4.06. The molecule has 0 aliphatic rings. The van der Waals surface area contributed by atoms with E-state index in [9.17, 15) is 24.0 Å². The number of benzene rings is 1. The van der Waals surface area contributed by atoms with Crippen molar-refractivity contribution in [1.29, 1.82) is 0 Å². The second-order valence-corrected chi connectivity index (χ2v) is 7.52. The first-order valence-corrected chi connectivity index (χ1v) is 9.73. The molecule has 2 atom stereocenters. The van der Waals surface area contributed by atoms with Gasteiger partial charge in [0.15, 0.2) is 12.4 Å². The Labute approximate surface area is 180 Å². The van der Waals surface area contributed by atoms with Crippen molar-refractivity contribution in [2.45, 2.75) is 52.1 Å². The summed E-state index contributed by atoms with van der Waals surface area (Å²) in [5.74, 6) is -3.50. The average Bonchev–Trinajstić information content (AvgIpc) is 2.65. The summed E-state index contributed by atoms with van der Waals surface area (Å²) in [5, 5.41) is 22.6. The van der Waals surface area contributed by atoms with Gasteiger partial charge in [0.25, 0.3) is 0 Å². The van der Waals surface area contributed by atoms with E-state index in [4.69, 9.17) is 14.9 Å². The van der Waals surface area contributed by atoms with E-state index in [0.29, 0.717) is 11.3 Å². The normalized spacial score (nSPS) is 12.5. The highest BCUT2D eigenvalue weighted by Gasteiger charge is 2.27. The standard InChI is InChI=1S/C21H28N2O8/c1-12(2)8-18(25)22-17(21(30)23-16(13(3)24)10-19(26)27)9-14-4-6-15(7-5-14)31-11-20(28)29/h4-7,12,16-17H,8-11H2,1-3H3,(H,22,25)(H,23,30)(H,26,27)(H,28,29)/t16-,17-/m0/s1. The molecular formula is C21H28N2O8. The summed E-state index contributed by atoms with van der Waals surface area (Å²) in [7, 11) is 0. The van der Waals surface area contributed by atoms with Crippen LogP contribution in [0.5, 0.6) is 5.75 Å². The third-order valence-corrected chi connectivity index (χ3v) is 4.16. The smallest absolute Gasteiger partial charge is 0.341 e. The number of carboxylic acid groups (broad SMARTS) is 2. The van der Waals surface area contributed by atoms with Crippen LogP contribution < -0.4 is 15.4 Å². The van der Waals surface area contributed by atoms with Crippen molar-refractivity contribution in [3.8, 4) is 5.75 Å². The Balaban J connectivity index is 2.95. The number of ketones is 1. The van der Waals surface area contributed by atoms with E-state index >= 15 is 0 Å². The third kappa shape index (κ3) is 10.2. The number of hydrogen-bond donors (Lipinski definition) is 4. The number of carbonyl (C=O) groups is 5.